The molecule has 0 saturated heterocycles. The highest BCUT2D eigenvalue weighted by Gasteiger charge is 2.14. The number of hydrogen-bond acceptors (Lipinski definition) is 1. The lowest BCUT2D eigenvalue weighted by Crippen LogP contribution is -2.27. The van der Waals surface area contributed by atoms with Gasteiger partial charge >= 0.3 is 0 Å². The number of hydrogen-bond donors (Lipinski definition) is 0. The topological polar surface area (TPSA) is 21.7 Å². The minimum absolute atomic E-state index is 1.17. The molecule has 104 valence electrons. The van der Waals surface area contributed by atoms with Crippen molar-refractivity contribution in [2.45, 2.75) is 0 Å². The number of aryl methyl sites for hydroxylation is 1. The van der Waals surface area contributed by atoms with Crippen molar-refractivity contribution in [1.82, 2.24) is 9.78 Å². The third-order valence-electron chi connectivity index (χ3n) is 4.43. The van der Waals surface area contributed by atoms with Crippen LogP contribution in [0.15, 0.2) is 67.3 Å². The highest BCUT2D eigenvalue weighted by molar-refractivity contribution is 6.24. The van der Waals surface area contributed by atoms with E-state index in [9.17, 15) is 0 Å². The lowest BCUT2D eigenvalue weighted by molar-refractivity contribution is -0.594. The number of benzene rings is 4. The van der Waals surface area contributed by atoms with Crippen molar-refractivity contribution in [3.63, 3.8) is 0 Å². The summed E-state index contributed by atoms with van der Waals surface area (Å²) >= 11 is 0. The smallest absolute Gasteiger partial charge is 0.203 e. The van der Waals surface area contributed by atoms with Crippen LogP contribution >= 0.6 is 0 Å². The van der Waals surface area contributed by atoms with E-state index in [1.165, 1.54) is 38.0 Å². The molecule has 3 nitrogen and oxygen atoms in total. The summed E-state index contributed by atoms with van der Waals surface area (Å²) in [6, 6.07) is 19.7. The molecule has 0 bridgehead atoms. The molecule has 22 heavy (non-hydrogen) atoms. The fourth-order valence-electron chi connectivity index (χ4n) is 3.45. The van der Waals surface area contributed by atoms with Crippen LogP contribution in [0.4, 0.5) is 0 Å². The van der Waals surface area contributed by atoms with Gasteiger partial charge in [0.1, 0.15) is 5.69 Å². The van der Waals surface area contributed by atoms with Crippen molar-refractivity contribution in [1.29, 1.82) is 0 Å². The van der Waals surface area contributed by atoms with Crippen LogP contribution < -0.4 is 4.57 Å². The molecule has 0 unspecified atom stereocenters. The van der Waals surface area contributed by atoms with E-state index in [1.54, 1.807) is 0 Å². The first-order valence-corrected chi connectivity index (χ1v) is 7.38. The van der Waals surface area contributed by atoms with Crippen molar-refractivity contribution < 1.29 is 4.57 Å². The third-order valence-corrected chi connectivity index (χ3v) is 4.43. The van der Waals surface area contributed by atoms with Crippen LogP contribution in [0.1, 0.15) is 0 Å². The van der Waals surface area contributed by atoms with Gasteiger partial charge < -0.3 is 0 Å². The molecule has 5 rings (SSSR count). The molecular formula is C19H14N3+. The van der Waals surface area contributed by atoms with Crippen LogP contribution in [0.25, 0.3) is 38.0 Å². The van der Waals surface area contributed by atoms with Crippen molar-refractivity contribution in [2.24, 2.45) is 7.05 Å². The van der Waals surface area contributed by atoms with Gasteiger partial charge in [-0.05, 0) is 27.6 Å². The highest BCUT2D eigenvalue weighted by atomic mass is 15.3. The zero-order valence-electron chi connectivity index (χ0n) is 12.2. The minimum atomic E-state index is 1.17. The maximum atomic E-state index is 4.28. The summed E-state index contributed by atoms with van der Waals surface area (Å²) in [5.74, 6) is 0. The molecule has 0 amide bonds. The fraction of sp³-hybridized carbons (Fsp3) is 0.0526. The van der Waals surface area contributed by atoms with Gasteiger partial charge in [-0.1, -0.05) is 48.5 Å². The molecule has 4 aromatic carbocycles. The monoisotopic (exact) mass is 284 g/mol. The Bertz CT molecular complexity index is 1120. The summed E-state index contributed by atoms with van der Waals surface area (Å²) in [5.41, 5.74) is 1.17. The van der Waals surface area contributed by atoms with Crippen molar-refractivity contribution >= 4 is 32.3 Å². The SMILES string of the molecule is Cn1c[n+](-c2ccc3ccc4cccc5ccc2c3c45)cn1. The van der Waals surface area contributed by atoms with E-state index in [1.807, 2.05) is 24.4 Å². The van der Waals surface area contributed by atoms with Crippen molar-refractivity contribution in [2.75, 3.05) is 0 Å². The van der Waals surface area contributed by atoms with Gasteiger partial charge in [-0.15, -0.1) is 4.68 Å². The van der Waals surface area contributed by atoms with Gasteiger partial charge in [0.15, 0.2) is 0 Å². The van der Waals surface area contributed by atoms with E-state index in [0.717, 1.165) is 0 Å². The molecule has 3 heteroatoms. The molecule has 0 N–H and O–H groups in total. The van der Waals surface area contributed by atoms with E-state index in [4.69, 9.17) is 0 Å². The molecule has 0 fully saturated rings. The number of aromatic nitrogens is 3. The zero-order valence-corrected chi connectivity index (χ0v) is 12.2. The predicted molar refractivity (Wildman–Crippen MR) is 88.4 cm³/mol. The Morgan fingerprint density at radius 2 is 1.50 bits per heavy atom. The third kappa shape index (κ3) is 1.45. The Balaban J connectivity index is 2.01. The summed E-state index contributed by atoms with van der Waals surface area (Å²) in [6.45, 7) is 0. The first-order valence-electron chi connectivity index (χ1n) is 7.38. The minimum Gasteiger partial charge on any atom is -0.203 e. The highest BCUT2D eigenvalue weighted by Crippen LogP contribution is 2.35. The van der Waals surface area contributed by atoms with E-state index >= 15 is 0 Å². The molecule has 1 heterocycles. The molecule has 0 spiro atoms. The second-order valence-electron chi connectivity index (χ2n) is 5.77. The molecule has 0 radical (unpaired) electrons. The molecule has 0 saturated carbocycles. The van der Waals surface area contributed by atoms with Gasteiger partial charge in [-0.2, -0.15) is 0 Å². The standard InChI is InChI=1S/C19H14N3/c1-21-12-22(11-20-21)17-10-8-15-6-5-13-3-2-4-14-7-9-16(17)19(15)18(13)14/h2-12H,1H3/q+1. The van der Waals surface area contributed by atoms with E-state index in [2.05, 4.69) is 64.3 Å². The van der Waals surface area contributed by atoms with E-state index in [-0.39, 0.29) is 0 Å². The Morgan fingerprint density at radius 3 is 2.23 bits per heavy atom. The largest absolute Gasteiger partial charge is 0.270 e. The van der Waals surface area contributed by atoms with Crippen molar-refractivity contribution in [3.05, 3.63) is 67.3 Å². The Hall–Kier alpha value is -2.94. The molecule has 5 aromatic rings. The lowest BCUT2D eigenvalue weighted by Gasteiger charge is -2.12. The Morgan fingerprint density at radius 1 is 0.818 bits per heavy atom. The summed E-state index contributed by atoms with van der Waals surface area (Å²) in [6.07, 6.45) is 3.85. The predicted octanol–water partition coefficient (Wildman–Crippen LogP) is 3.59. The van der Waals surface area contributed by atoms with Gasteiger partial charge in [-0.3, -0.25) is 0 Å². The van der Waals surface area contributed by atoms with Gasteiger partial charge in [0.25, 0.3) is 6.33 Å². The van der Waals surface area contributed by atoms with Gasteiger partial charge in [-0.25, -0.2) is 4.57 Å². The molecule has 0 aliphatic rings. The summed E-state index contributed by atoms with van der Waals surface area (Å²) in [7, 11) is 1.94. The zero-order chi connectivity index (χ0) is 14.7. The molecule has 0 aliphatic heterocycles. The van der Waals surface area contributed by atoms with E-state index < -0.39 is 0 Å². The average Bonchev–Trinajstić information content (AvgIpc) is 2.99. The maximum absolute atomic E-state index is 4.28. The van der Waals surface area contributed by atoms with Crippen LogP contribution in [0.3, 0.4) is 0 Å². The first-order chi connectivity index (χ1) is 10.8. The lowest BCUT2D eigenvalue weighted by atomic mass is 9.93. The summed E-state index contributed by atoms with van der Waals surface area (Å²) in [5, 5.41) is 12.1. The maximum Gasteiger partial charge on any atom is 0.270 e. The Kier molecular flexibility index (Phi) is 2.15. The van der Waals surface area contributed by atoms with Crippen LogP contribution in [-0.4, -0.2) is 9.78 Å². The second-order valence-corrected chi connectivity index (χ2v) is 5.77. The molecule has 0 aliphatic carbocycles. The molecule has 0 atom stereocenters. The van der Waals surface area contributed by atoms with Crippen LogP contribution in [0, 0.1) is 0 Å². The summed E-state index contributed by atoms with van der Waals surface area (Å²) < 4.78 is 3.89. The number of nitrogens with zero attached hydrogens (tertiary/aromatic N) is 3. The number of rotatable bonds is 1. The van der Waals surface area contributed by atoms with Crippen LogP contribution in [0.5, 0.6) is 0 Å². The van der Waals surface area contributed by atoms with Crippen molar-refractivity contribution in [3.8, 4) is 5.69 Å². The second kappa shape index (κ2) is 4.04. The molecule has 1 aromatic heterocycles. The normalized spacial score (nSPS) is 11.9. The van der Waals surface area contributed by atoms with Gasteiger partial charge in [0.2, 0.25) is 6.33 Å². The Labute approximate surface area is 127 Å². The van der Waals surface area contributed by atoms with E-state index in [0.29, 0.717) is 0 Å². The first kappa shape index (κ1) is 11.7. The van der Waals surface area contributed by atoms with Crippen LogP contribution in [0.2, 0.25) is 0 Å². The van der Waals surface area contributed by atoms with Gasteiger partial charge in [0.05, 0.1) is 7.05 Å². The van der Waals surface area contributed by atoms with Gasteiger partial charge in [0, 0.05) is 15.9 Å². The quantitative estimate of drug-likeness (QED) is 0.340. The summed E-state index contributed by atoms with van der Waals surface area (Å²) in [4.78, 5) is 0. The average molecular weight is 284 g/mol. The molecular weight excluding hydrogens is 270 g/mol. The fourth-order valence-corrected chi connectivity index (χ4v) is 3.45. The van der Waals surface area contributed by atoms with Crippen LogP contribution in [-0.2, 0) is 7.05 Å².